The van der Waals surface area contributed by atoms with E-state index in [2.05, 4.69) is 17.3 Å². The van der Waals surface area contributed by atoms with Crippen LogP contribution in [-0.2, 0) is 11.3 Å². The zero-order valence-electron chi connectivity index (χ0n) is 17.6. The molecule has 0 amide bonds. The number of halogens is 4. The normalized spacial score (nSPS) is 11.5. The quantitative estimate of drug-likeness (QED) is 0.188. The highest BCUT2D eigenvalue weighted by Crippen LogP contribution is 2.37. The molecule has 0 aliphatic carbocycles. The highest BCUT2D eigenvalue weighted by molar-refractivity contribution is 6.55. The van der Waals surface area contributed by atoms with E-state index in [9.17, 15) is 0 Å². The first kappa shape index (κ1) is 25.7. The molecule has 0 bridgehead atoms. The van der Waals surface area contributed by atoms with E-state index in [0.29, 0.717) is 28.2 Å². The number of nitrogens with zero attached hydrogens (tertiary/aromatic N) is 1. The minimum atomic E-state index is -0.300. The van der Waals surface area contributed by atoms with Gasteiger partial charge in [0.05, 0.1) is 22.9 Å². The Hall–Kier alpha value is -1.59. The fourth-order valence-electron chi connectivity index (χ4n) is 2.42. The van der Waals surface area contributed by atoms with E-state index in [1.54, 1.807) is 18.3 Å². The minimum absolute atomic E-state index is 0.134. The predicted octanol–water partition coefficient (Wildman–Crippen LogP) is 7.85. The number of ether oxygens (including phenoxy) is 2. The Bertz CT molecular complexity index is 879. The lowest BCUT2D eigenvalue weighted by atomic mass is 10.1. The molecule has 0 spiro atoms. The smallest absolute Gasteiger partial charge is 0.156 e. The summed E-state index contributed by atoms with van der Waals surface area (Å²) in [7, 11) is 0. The monoisotopic (exact) mass is 503 g/mol. The molecular weight excluding hydrogens is 480 g/mol. The summed E-state index contributed by atoms with van der Waals surface area (Å²) >= 11 is 23.7. The molecule has 0 N–H and O–H groups in total. The van der Waals surface area contributed by atoms with Gasteiger partial charge in [0.2, 0.25) is 0 Å². The van der Waals surface area contributed by atoms with Crippen LogP contribution in [0.2, 0.25) is 10.0 Å². The van der Waals surface area contributed by atoms with Crippen LogP contribution in [0.3, 0.4) is 0 Å². The molecule has 0 unspecified atom stereocenters. The van der Waals surface area contributed by atoms with E-state index < -0.39 is 0 Å². The molecule has 0 saturated carbocycles. The van der Waals surface area contributed by atoms with Gasteiger partial charge in [-0.2, -0.15) is 0 Å². The van der Waals surface area contributed by atoms with Gasteiger partial charge in [-0.05, 0) is 50.8 Å². The largest absolute Gasteiger partial charge is 0.490 e. The molecule has 2 rings (SSSR count). The Morgan fingerprint density at radius 3 is 2.23 bits per heavy atom. The van der Waals surface area contributed by atoms with Gasteiger partial charge < -0.3 is 14.3 Å². The second kappa shape index (κ2) is 12.4. The van der Waals surface area contributed by atoms with E-state index in [1.165, 1.54) is 11.6 Å². The Labute approximate surface area is 203 Å². The zero-order chi connectivity index (χ0) is 22.9. The standard InChI is InChI=1S/C23H25Cl4NO3/c1-23(2,3)31-28-15-17-8-6-16(7-9-17)5-4-11-30-22-19(24)13-18(14-20(22)25)29-12-10-21(26)27/h6-10,13-15H,4-5,11-12H2,1-3H3/b28-15+. The maximum absolute atomic E-state index is 6.28. The lowest BCUT2D eigenvalue weighted by Gasteiger charge is -2.14. The van der Waals surface area contributed by atoms with Crippen LogP contribution in [0.4, 0.5) is 0 Å². The fourth-order valence-corrected chi connectivity index (χ4v) is 3.13. The van der Waals surface area contributed by atoms with Crippen LogP contribution in [0.25, 0.3) is 0 Å². The van der Waals surface area contributed by atoms with E-state index in [4.69, 9.17) is 60.7 Å². The second-order valence-electron chi connectivity index (χ2n) is 7.65. The van der Waals surface area contributed by atoms with Crippen LogP contribution in [0.1, 0.15) is 38.3 Å². The molecule has 2 aromatic carbocycles. The Kier molecular flexibility index (Phi) is 10.3. The summed E-state index contributed by atoms with van der Waals surface area (Å²) in [6.07, 6.45) is 4.90. The van der Waals surface area contributed by atoms with Gasteiger partial charge in [0, 0.05) is 12.1 Å². The third kappa shape index (κ3) is 10.0. The van der Waals surface area contributed by atoms with Crippen molar-refractivity contribution in [3.63, 3.8) is 0 Å². The predicted molar refractivity (Wildman–Crippen MR) is 130 cm³/mol. The van der Waals surface area contributed by atoms with E-state index in [1.807, 2.05) is 32.9 Å². The average Bonchev–Trinajstić information content (AvgIpc) is 2.66. The van der Waals surface area contributed by atoms with Crippen molar-refractivity contribution in [1.82, 2.24) is 0 Å². The number of hydrogen-bond donors (Lipinski definition) is 0. The van der Waals surface area contributed by atoms with Gasteiger partial charge >= 0.3 is 0 Å². The van der Waals surface area contributed by atoms with Crippen LogP contribution >= 0.6 is 46.4 Å². The van der Waals surface area contributed by atoms with Crippen molar-refractivity contribution in [3.05, 3.63) is 68.1 Å². The summed E-state index contributed by atoms with van der Waals surface area (Å²) < 4.78 is 11.4. The molecular formula is C23H25Cl4NO3. The number of oxime groups is 1. The number of rotatable bonds is 10. The van der Waals surface area contributed by atoms with Crippen molar-refractivity contribution in [1.29, 1.82) is 0 Å². The lowest BCUT2D eigenvalue weighted by Crippen LogP contribution is -2.15. The molecule has 0 radical (unpaired) electrons. The third-order valence-electron chi connectivity index (χ3n) is 3.82. The molecule has 0 fully saturated rings. The van der Waals surface area contributed by atoms with E-state index >= 15 is 0 Å². The number of aryl methyl sites for hydroxylation is 1. The van der Waals surface area contributed by atoms with Crippen LogP contribution in [0.5, 0.6) is 11.5 Å². The van der Waals surface area contributed by atoms with Gasteiger partial charge in [-0.3, -0.25) is 0 Å². The number of benzene rings is 2. The first-order valence-electron chi connectivity index (χ1n) is 9.70. The molecule has 0 aliphatic heterocycles. The second-order valence-corrected chi connectivity index (χ2v) is 9.47. The van der Waals surface area contributed by atoms with Crippen LogP contribution in [0, 0.1) is 0 Å². The van der Waals surface area contributed by atoms with Crippen molar-refractivity contribution in [2.24, 2.45) is 5.16 Å². The van der Waals surface area contributed by atoms with E-state index in [0.717, 1.165) is 18.4 Å². The van der Waals surface area contributed by atoms with Gasteiger partial charge in [-0.25, -0.2) is 0 Å². The molecule has 31 heavy (non-hydrogen) atoms. The summed E-state index contributed by atoms with van der Waals surface area (Å²) in [6, 6.07) is 11.4. The van der Waals surface area contributed by atoms with Crippen LogP contribution < -0.4 is 9.47 Å². The lowest BCUT2D eigenvalue weighted by molar-refractivity contribution is 0.00199. The van der Waals surface area contributed by atoms with Gasteiger partial charge in [0.15, 0.2) is 5.75 Å². The molecule has 8 heteroatoms. The van der Waals surface area contributed by atoms with Crippen molar-refractivity contribution in [2.45, 2.75) is 39.2 Å². The van der Waals surface area contributed by atoms with Gasteiger partial charge in [-0.15, -0.1) is 0 Å². The summed E-state index contributed by atoms with van der Waals surface area (Å²) in [5, 5.41) is 4.76. The highest BCUT2D eigenvalue weighted by Gasteiger charge is 2.11. The Balaban J connectivity index is 1.81. The molecule has 4 nitrogen and oxygen atoms in total. The SMILES string of the molecule is CC(C)(C)O/N=C/c1ccc(CCCOc2c(Cl)cc(OCC=C(Cl)Cl)cc2Cl)cc1. The first-order valence-corrected chi connectivity index (χ1v) is 11.2. The highest BCUT2D eigenvalue weighted by atomic mass is 35.5. The van der Waals surface area contributed by atoms with Gasteiger partial charge in [0.1, 0.15) is 22.4 Å². The topological polar surface area (TPSA) is 40.0 Å². The molecule has 168 valence electrons. The maximum Gasteiger partial charge on any atom is 0.156 e. The minimum Gasteiger partial charge on any atom is -0.490 e. The van der Waals surface area contributed by atoms with Crippen molar-refractivity contribution < 1.29 is 14.3 Å². The zero-order valence-corrected chi connectivity index (χ0v) is 20.7. The Morgan fingerprint density at radius 1 is 1.00 bits per heavy atom. The van der Waals surface area contributed by atoms with Crippen LogP contribution in [-0.4, -0.2) is 25.0 Å². The average molecular weight is 505 g/mol. The third-order valence-corrected chi connectivity index (χ3v) is 4.69. The van der Waals surface area contributed by atoms with Crippen molar-refractivity contribution in [3.8, 4) is 11.5 Å². The molecule has 0 aliphatic rings. The number of hydrogen-bond acceptors (Lipinski definition) is 4. The Morgan fingerprint density at radius 2 is 1.65 bits per heavy atom. The summed E-state index contributed by atoms with van der Waals surface area (Å²) in [4.78, 5) is 5.35. The van der Waals surface area contributed by atoms with Gasteiger partial charge in [0.25, 0.3) is 0 Å². The molecule has 0 saturated heterocycles. The van der Waals surface area contributed by atoms with Crippen molar-refractivity contribution >= 4 is 52.6 Å². The molecule has 0 atom stereocenters. The van der Waals surface area contributed by atoms with Gasteiger partial charge in [-0.1, -0.05) is 75.8 Å². The summed E-state index contributed by atoms with van der Waals surface area (Å²) in [5.74, 6) is 0.941. The van der Waals surface area contributed by atoms with Crippen LogP contribution in [0.15, 0.2) is 52.1 Å². The summed E-state index contributed by atoms with van der Waals surface area (Å²) in [6.45, 7) is 6.55. The molecule has 0 aromatic heterocycles. The van der Waals surface area contributed by atoms with E-state index in [-0.39, 0.29) is 16.7 Å². The maximum atomic E-state index is 6.28. The fraction of sp³-hybridized carbons (Fsp3) is 0.348. The summed E-state index contributed by atoms with van der Waals surface area (Å²) in [5.41, 5.74) is 1.88. The van der Waals surface area contributed by atoms with Crippen molar-refractivity contribution in [2.75, 3.05) is 13.2 Å². The first-order chi connectivity index (χ1) is 14.6. The molecule has 2 aromatic rings. The molecule has 0 heterocycles.